The fourth-order valence-electron chi connectivity index (χ4n) is 2.77. The number of nitrogens with zero attached hydrogens (tertiary/aromatic N) is 1. The molecule has 7 heteroatoms. The van der Waals surface area contributed by atoms with Crippen molar-refractivity contribution < 1.29 is 19.1 Å². The summed E-state index contributed by atoms with van der Waals surface area (Å²) >= 11 is 1.39. The number of carbonyl (C=O) groups is 2. The third kappa shape index (κ3) is 6.00. The van der Waals surface area contributed by atoms with E-state index in [1.165, 1.54) is 11.8 Å². The fraction of sp³-hybridized carbons (Fsp3) is 0.333. The predicted octanol–water partition coefficient (Wildman–Crippen LogP) is 2.45. The summed E-state index contributed by atoms with van der Waals surface area (Å²) in [4.78, 5) is 27.5. The SMILES string of the molecule is O=C(NCCOc1ccccc1)c1ccccc1SCC(=O)N1CCOCC1. The molecule has 3 rings (SSSR count). The number of ether oxygens (including phenoxy) is 2. The highest BCUT2D eigenvalue weighted by Crippen LogP contribution is 2.23. The summed E-state index contributed by atoms with van der Waals surface area (Å²) < 4.78 is 10.9. The van der Waals surface area contributed by atoms with Gasteiger partial charge in [0.05, 0.1) is 31.1 Å². The molecule has 0 radical (unpaired) electrons. The van der Waals surface area contributed by atoms with Gasteiger partial charge < -0.3 is 19.7 Å². The Morgan fingerprint density at radius 3 is 2.54 bits per heavy atom. The Morgan fingerprint density at radius 2 is 1.75 bits per heavy atom. The third-order valence-corrected chi connectivity index (χ3v) is 5.30. The van der Waals surface area contributed by atoms with Crippen LogP contribution in [0.5, 0.6) is 5.75 Å². The van der Waals surface area contributed by atoms with Gasteiger partial charge in [0.2, 0.25) is 5.91 Å². The van der Waals surface area contributed by atoms with E-state index < -0.39 is 0 Å². The van der Waals surface area contributed by atoms with Gasteiger partial charge in [-0.1, -0.05) is 30.3 Å². The molecule has 2 aromatic rings. The predicted molar refractivity (Wildman–Crippen MR) is 109 cm³/mol. The van der Waals surface area contributed by atoms with Gasteiger partial charge in [-0.25, -0.2) is 0 Å². The van der Waals surface area contributed by atoms with Crippen LogP contribution in [0.15, 0.2) is 59.5 Å². The van der Waals surface area contributed by atoms with Crippen LogP contribution in [0.25, 0.3) is 0 Å². The van der Waals surface area contributed by atoms with Gasteiger partial charge in [0.1, 0.15) is 12.4 Å². The number of benzene rings is 2. The van der Waals surface area contributed by atoms with Crippen LogP contribution in [0.1, 0.15) is 10.4 Å². The molecule has 0 bridgehead atoms. The van der Waals surface area contributed by atoms with Crippen molar-refractivity contribution in [2.24, 2.45) is 0 Å². The highest BCUT2D eigenvalue weighted by molar-refractivity contribution is 8.00. The Balaban J connectivity index is 1.48. The van der Waals surface area contributed by atoms with Crippen LogP contribution in [0.4, 0.5) is 0 Å². The maximum Gasteiger partial charge on any atom is 0.252 e. The minimum absolute atomic E-state index is 0.0692. The van der Waals surface area contributed by atoms with Crippen molar-refractivity contribution in [2.75, 3.05) is 45.2 Å². The third-order valence-electron chi connectivity index (χ3n) is 4.25. The first-order chi connectivity index (χ1) is 13.7. The van der Waals surface area contributed by atoms with Gasteiger partial charge in [-0.2, -0.15) is 0 Å². The average Bonchev–Trinajstić information content (AvgIpc) is 2.76. The standard InChI is InChI=1S/C21H24N2O4S/c24-20(23-11-14-26-15-12-23)16-28-19-9-5-4-8-18(19)21(25)22-10-13-27-17-6-2-1-3-7-17/h1-9H,10-16H2,(H,22,25). The van der Waals surface area contributed by atoms with E-state index in [-0.39, 0.29) is 11.8 Å². The molecule has 6 nitrogen and oxygen atoms in total. The molecule has 2 amide bonds. The second-order valence-corrected chi connectivity index (χ2v) is 7.21. The van der Waals surface area contributed by atoms with Crippen LogP contribution < -0.4 is 10.1 Å². The number of nitrogens with one attached hydrogen (secondary N) is 1. The molecule has 0 aliphatic carbocycles. The molecule has 0 saturated carbocycles. The van der Waals surface area contributed by atoms with E-state index >= 15 is 0 Å². The zero-order valence-corrected chi connectivity index (χ0v) is 16.5. The molecule has 1 aliphatic heterocycles. The second kappa shape index (κ2) is 10.7. The van der Waals surface area contributed by atoms with Gasteiger partial charge in [-0.15, -0.1) is 11.8 Å². The van der Waals surface area contributed by atoms with Crippen LogP contribution in [-0.2, 0) is 9.53 Å². The van der Waals surface area contributed by atoms with Crippen LogP contribution >= 0.6 is 11.8 Å². The second-order valence-electron chi connectivity index (χ2n) is 6.20. The van der Waals surface area contributed by atoms with Crippen molar-refractivity contribution in [1.82, 2.24) is 10.2 Å². The summed E-state index contributed by atoms with van der Waals surface area (Å²) in [5, 5.41) is 2.87. The lowest BCUT2D eigenvalue weighted by molar-refractivity contribution is -0.132. The Kier molecular flexibility index (Phi) is 7.75. The van der Waals surface area contributed by atoms with Crippen molar-refractivity contribution >= 4 is 23.6 Å². The number of rotatable bonds is 8. The Labute approximate surface area is 169 Å². The van der Waals surface area contributed by atoms with Gasteiger partial charge in [0, 0.05) is 18.0 Å². The van der Waals surface area contributed by atoms with Crippen LogP contribution in [0, 0.1) is 0 Å². The minimum atomic E-state index is -0.168. The van der Waals surface area contributed by atoms with Crippen molar-refractivity contribution in [2.45, 2.75) is 4.90 Å². The maximum absolute atomic E-state index is 12.5. The quantitative estimate of drug-likeness (QED) is 0.545. The van der Waals surface area contributed by atoms with E-state index in [0.29, 0.717) is 50.8 Å². The summed E-state index contributed by atoms with van der Waals surface area (Å²) in [5.41, 5.74) is 0.571. The molecule has 1 heterocycles. The average molecular weight is 401 g/mol. The lowest BCUT2D eigenvalue weighted by atomic mass is 10.2. The van der Waals surface area contributed by atoms with Crippen molar-refractivity contribution in [3.63, 3.8) is 0 Å². The molecule has 1 saturated heterocycles. The molecule has 148 valence electrons. The first-order valence-corrected chi connectivity index (χ1v) is 10.3. The van der Waals surface area contributed by atoms with E-state index in [4.69, 9.17) is 9.47 Å². The lowest BCUT2D eigenvalue weighted by Crippen LogP contribution is -2.41. The Morgan fingerprint density at radius 1 is 1.04 bits per heavy atom. The molecule has 1 N–H and O–H groups in total. The molecule has 0 spiro atoms. The molecule has 0 atom stereocenters. The summed E-state index contributed by atoms with van der Waals surface area (Å²) in [7, 11) is 0. The normalized spacial score (nSPS) is 13.8. The highest BCUT2D eigenvalue weighted by atomic mass is 32.2. The van der Waals surface area contributed by atoms with Crippen molar-refractivity contribution in [3.05, 3.63) is 60.2 Å². The lowest BCUT2D eigenvalue weighted by Gasteiger charge is -2.26. The van der Waals surface area contributed by atoms with Crippen LogP contribution in [0.3, 0.4) is 0 Å². The van der Waals surface area contributed by atoms with Crippen LogP contribution in [-0.4, -0.2) is 61.9 Å². The zero-order valence-electron chi connectivity index (χ0n) is 15.6. The van der Waals surface area contributed by atoms with Gasteiger partial charge in [-0.05, 0) is 24.3 Å². The van der Waals surface area contributed by atoms with Crippen molar-refractivity contribution in [1.29, 1.82) is 0 Å². The zero-order chi connectivity index (χ0) is 19.6. The largest absolute Gasteiger partial charge is 0.492 e. The summed E-state index contributed by atoms with van der Waals surface area (Å²) in [6.45, 7) is 3.22. The number of carbonyl (C=O) groups excluding carboxylic acids is 2. The van der Waals surface area contributed by atoms with E-state index in [1.54, 1.807) is 11.0 Å². The number of para-hydroxylation sites is 1. The first kappa shape index (κ1) is 20.2. The van der Waals surface area contributed by atoms with E-state index in [2.05, 4.69) is 5.32 Å². The van der Waals surface area contributed by atoms with Gasteiger partial charge >= 0.3 is 0 Å². The fourth-order valence-corrected chi connectivity index (χ4v) is 3.72. The molecule has 0 unspecified atom stereocenters. The first-order valence-electron chi connectivity index (χ1n) is 9.27. The molecule has 0 aromatic heterocycles. The number of hydrogen-bond acceptors (Lipinski definition) is 5. The summed E-state index contributed by atoms with van der Waals surface area (Å²) in [5.74, 6) is 0.981. The van der Waals surface area contributed by atoms with E-state index in [9.17, 15) is 9.59 Å². The van der Waals surface area contributed by atoms with Gasteiger partial charge in [-0.3, -0.25) is 9.59 Å². The van der Waals surface area contributed by atoms with Gasteiger partial charge in [0.25, 0.3) is 5.91 Å². The number of thioether (sulfide) groups is 1. The Hall–Kier alpha value is -2.51. The molecular weight excluding hydrogens is 376 g/mol. The van der Waals surface area contributed by atoms with Crippen molar-refractivity contribution in [3.8, 4) is 5.75 Å². The van der Waals surface area contributed by atoms with Crippen LogP contribution in [0.2, 0.25) is 0 Å². The van der Waals surface area contributed by atoms with E-state index in [0.717, 1.165) is 10.6 Å². The monoisotopic (exact) mass is 400 g/mol. The van der Waals surface area contributed by atoms with E-state index in [1.807, 2.05) is 48.5 Å². The molecule has 28 heavy (non-hydrogen) atoms. The minimum Gasteiger partial charge on any atom is -0.492 e. The maximum atomic E-state index is 12.5. The number of morpholine rings is 1. The molecule has 1 aliphatic rings. The highest BCUT2D eigenvalue weighted by Gasteiger charge is 2.18. The molecule has 2 aromatic carbocycles. The summed E-state index contributed by atoms with van der Waals surface area (Å²) in [6, 6.07) is 16.8. The Bertz CT molecular complexity index is 779. The van der Waals surface area contributed by atoms with Gasteiger partial charge in [0.15, 0.2) is 0 Å². The topological polar surface area (TPSA) is 67.9 Å². The number of hydrogen-bond donors (Lipinski definition) is 1. The molecular formula is C21H24N2O4S. The number of amides is 2. The summed E-state index contributed by atoms with van der Waals surface area (Å²) in [6.07, 6.45) is 0. The smallest absolute Gasteiger partial charge is 0.252 e. The molecule has 1 fully saturated rings.